The van der Waals surface area contributed by atoms with Gasteiger partial charge in [0, 0.05) is 38.7 Å². The fraction of sp³-hybridized carbons (Fsp3) is 0.0508. The molecule has 0 saturated heterocycles. The summed E-state index contributed by atoms with van der Waals surface area (Å²) in [7, 11) is 0. The molecule has 1 aliphatic rings. The van der Waals surface area contributed by atoms with Crippen LogP contribution in [0, 0.1) is 0 Å². The van der Waals surface area contributed by atoms with E-state index in [1.165, 1.54) is 66.1 Å². The van der Waals surface area contributed by atoms with Gasteiger partial charge in [-0.1, -0.05) is 178 Å². The second-order valence-electron chi connectivity index (χ2n) is 16.9. The highest BCUT2D eigenvalue weighted by atomic mass is 16.3. The van der Waals surface area contributed by atoms with E-state index in [4.69, 9.17) is 4.42 Å². The molecule has 12 rings (SSSR count). The van der Waals surface area contributed by atoms with Gasteiger partial charge in [0.25, 0.3) is 0 Å². The van der Waals surface area contributed by atoms with Crippen LogP contribution in [0.3, 0.4) is 0 Å². The number of hydrogen-bond donors (Lipinski definition) is 0. The average Bonchev–Trinajstić information content (AvgIpc) is 3.81. The summed E-state index contributed by atoms with van der Waals surface area (Å²) >= 11 is 0. The zero-order chi connectivity index (χ0) is 40.7. The Balaban J connectivity index is 0.988. The number of rotatable bonds is 6. The Bertz CT molecular complexity index is 3500. The molecule has 1 aromatic heterocycles. The molecule has 11 aromatic rings. The van der Waals surface area contributed by atoms with E-state index in [0.29, 0.717) is 0 Å². The first-order chi connectivity index (χ1) is 30.0. The van der Waals surface area contributed by atoms with Crippen molar-refractivity contribution in [2.24, 2.45) is 0 Å². The molecule has 0 saturated carbocycles. The number of hydrogen-bond acceptors (Lipinski definition) is 2. The number of nitrogens with zero attached hydrogens (tertiary/aromatic N) is 1. The molecule has 0 unspecified atom stereocenters. The predicted molar refractivity (Wildman–Crippen MR) is 257 cm³/mol. The van der Waals surface area contributed by atoms with Crippen molar-refractivity contribution in [1.29, 1.82) is 0 Å². The smallest absolute Gasteiger partial charge is 0.143 e. The van der Waals surface area contributed by atoms with Gasteiger partial charge in [-0.05, 0) is 115 Å². The molecule has 0 aliphatic heterocycles. The Hall–Kier alpha value is -7.68. The molecule has 0 bridgehead atoms. The highest BCUT2D eigenvalue weighted by molar-refractivity contribution is 6.14. The van der Waals surface area contributed by atoms with Crippen molar-refractivity contribution in [2.75, 3.05) is 4.90 Å². The normalized spacial score (nSPS) is 12.9. The Morgan fingerprint density at radius 3 is 1.79 bits per heavy atom. The van der Waals surface area contributed by atoms with Gasteiger partial charge in [-0.15, -0.1) is 0 Å². The third-order valence-electron chi connectivity index (χ3n) is 13.1. The summed E-state index contributed by atoms with van der Waals surface area (Å²) in [5.74, 6) is 0. The van der Waals surface area contributed by atoms with Crippen molar-refractivity contribution in [1.82, 2.24) is 0 Å². The van der Waals surface area contributed by atoms with Crippen molar-refractivity contribution >= 4 is 60.5 Å². The maximum absolute atomic E-state index is 6.47. The molecule has 61 heavy (non-hydrogen) atoms. The van der Waals surface area contributed by atoms with Crippen LogP contribution in [0.2, 0.25) is 0 Å². The molecule has 2 heteroatoms. The maximum atomic E-state index is 6.47. The van der Waals surface area contributed by atoms with Crippen LogP contribution in [0.25, 0.3) is 88.0 Å². The number of furan rings is 1. The van der Waals surface area contributed by atoms with Gasteiger partial charge in [0.15, 0.2) is 0 Å². The van der Waals surface area contributed by atoms with E-state index in [1.54, 1.807) is 0 Å². The molecule has 2 nitrogen and oxygen atoms in total. The van der Waals surface area contributed by atoms with E-state index in [9.17, 15) is 0 Å². The van der Waals surface area contributed by atoms with Gasteiger partial charge in [-0.2, -0.15) is 0 Å². The predicted octanol–water partition coefficient (Wildman–Crippen LogP) is 16.7. The number of para-hydroxylation sites is 3. The highest BCUT2D eigenvalue weighted by Crippen LogP contribution is 2.53. The zero-order valence-electron chi connectivity index (χ0n) is 34.1. The van der Waals surface area contributed by atoms with Crippen LogP contribution in [0.5, 0.6) is 0 Å². The number of anilines is 3. The van der Waals surface area contributed by atoms with Crippen LogP contribution in [0.1, 0.15) is 25.0 Å². The molecular formula is C59H41NO. The third kappa shape index (κ3) is 5.56. The van der Waals surface area contributed by atoms with E-state index >= 15 is 0 Å². The molecular weight excluding hydrogens is 739 g/mol. The van der Waals surface area contributed by atoms with Crippen LogP contribution in [0.15, 0.2) is 217 Å². The monoisotopic (exact) mass is 779 g/mol. The first-order valence-corrected chi connectivity index (χ1v) is 21.2. The molecule has 1 heterocycles. The second-order valence-corrected chi connectivity index (χ2v) is 16.9. The zero-order valence-corrected chi connectivity index (χ0v) is 34.1. The summed E-state index contributed by atoms with van der Waals surface area (Å²) in [6.45, 7) is 4.78. The van der Waals surface area contributed by atoms with Crippen LogP contribution in [-0.2, 0) is 5.41 Å². The lowest BCUT2D eigenvalue weighted by Crippen LogP contribution is -2.17. The number of benzene rings is 10. The Morgan fingerprint density at radius 2 is 0.951 bits per heavy atom. The Labute approximate surface area is 355 Å². The highest BCUT2D eigenvalue weighted by Gasteiger charge is 2.36. The number of fused-ring (bicyclic) bond motifs is 9. The van der Waals surface area contributed by atoms with Crippen LogP contribution in [0.4, 0.5) is 17.1 Å². The van der Waals surface area contributed by atoms with E-state index in [2.05, 4.69) is 219 Å². The van der Waals surface area contributed by atoms with Crippen molar-refractivity contribution in [2.45, 2.75) is 19.3 Å². The Kier molecular flexibility index (Phi) is 7.92. The average molecular weight is 780 g/mol. The molecule has 0 spiro atoms. The molecule has 288 valence electrons. The lowest BCUT2D eigenvalue weighted by Gasteiger charge is -2.30. The van der Waals surface area contributed by atoms with Crippen LogP contribution >= 0.6 is 0 Å². The Morgan fingerprint density at radius 1 is 0.361 bits per heavy atom. The summed E-state index contributed by atoms with van der Waals surface area (Å²) in [5.41, 5.74) is 17.3. The third-order valence-corrected chi connectivity index (χ3v) is 13.1. The molecule has 0 atom stereocenters. The lowest BCUT2D eigenvalue weighted by molar-refractivity contribution is 0.660. The van der Waals surface area contributed by atoms with E-state index < -0.39 is 0 Å². The van der Waals surface area contributed by atoms with E-state index in [1.807, 2.05) is 12.1 Å². The van der Waals surface area contributed by atoms with Gasteiger partial charge in [-0.25, -0.2) is 0 Å². The summed E-state index contributed by atoms with van der Waals surface area (Å²) in [5, 5.41) is 7.40. The van der Waals surface area contributed by atoms with Gasteiger partial charge in [0.1, 0.15) is 11.2 Å². The lowest BCUT2D eigenvalue weighted by atomic mass is 9.81. The molecule has 0 N–H and O–H groups in total. The van der Waals surface area contributed by atoms with Gasteiger partial charge in [-0.3, -0.25) is 0 Å². The quantitative estimate of drug-likeness (QED) is 0.156. The minimum Gasteiger partial charge on any atom is -0.455 e. The molecule has 10 aromatic carbocycles. The molecule has 0 radical (unpaired) electrons. The van der Waals surface area contributed by atoms with Crippen molar-refractivity contribution in [3.63, 3.8) is 0 Å². The van der Waals surface area contributed by atoms with Gasteiger partial charge in [0.05, 0.1) is 5.69 Å². The summed E-state index contributed by atoms with van der Waals surface area (Å²) in [6.07, 6.45) is 0. The second kappa shape index (κ2) is 13.7. The molecule has 0 amide bonds. The van der Waals surface area contributed by atoms with Crippen molar-refractivity contribution in [3.05, 3.63) is 223 Å². The SMILES string of the molecule is CC1(C)c2cc(-c3cc4ccccc4c4ccccc34)ccc2-c2ccc(N(c3ccc(-c4cccc5c4oc4ccccc45)cc3)c3ccccc3-c3ccccc3)cc21. The van der Waals surface area contributed by atoms with Crippen LogP contribution < -0.4 is 4.90 Å². The largest absolute Gasteiger partial charge is 0.455 e. The summed E-state index contributed by atoms with van der Waals surface area (Å²) < 4.78 is 6.47. The fourth-order valence-corrected chi connectivity index (χ4v) is 10.0. The standard InChI is InChI=1S/C59H41NO/c1-59(2)54-36-41(53-35-40-17-6-7-18-44(40)47-20-8-9-21-48(47)53)29-33-49(54)50-34-32-43(37-55(50)59)60(56-25-12-10-19-45(56)38-15-4-3-5-16-38)42-30-27-39(28-31-42)46-23-14-24-52-51-22-11-13-26-57(51)61-58(46)52/h3-37H,1-2H3. The van der Waals surface area contributed by atoms with Crippen molar-refractivity contribution in [3.8, 4) is 44.5 Å². The molecule has 1 aliphatic carbocycles. The van der Waals surface area contributed by atoms with Crippen LogP contribution in [-0.4, -0.2) is 0 Å². The fourth-order valence-electron chi connectivity index (χ4n) is 10.0. The first kappa shape index (κ1) is 35.3. The molecule has 0 fully saturated rings. The summed E-state index contributed by atoms with van der Waals surface area (Å²) in [6, 6.07) is 77.4. The van der Waals surface area contributed by atoms with Crippen molar-refractivity contribution < 1.29 is 4.42 Å². The van der Waals surface area contributed by atoms with Gasteiger partial charge in [0.2, 0.25) is 0 Å². The first-order valence-electron chi connectivity index (χ1n) is 21.2. The summed E-state index contributed by atoms with van der Waals surface area (Å²) in [4.78, 5) is 2.43. The van der Waals surface area contributed by atoms with E-state index in [0.717, 1.165) is 50.1 Å². The van der Waals surface area contributed by atoms with Gasteiger partial charge < -0.3 is 9.32 Å². The van der Waals surface area contributed by atoms with Gasteiger partial charge >= 0.3 is 0 Å². The minimum atomic E-state index is -0.233. The minimum absolute atomic E-state index is 0.233. The maximum Gasteiger partial charge on any atom is 0.143 e. The topological polar surface area (TPSA) is 16.4 Å². The van der Waals surface area contributed by atoms with E-state index in [-0.39, 0.29) is 5.41 Å².